The lowest BCUT2D eigenvalue weighted by atomic mass is 9.81. The Balaban J connectivity index is 1.99. The molecule has 1 saturated heterocycles. The molecule has 1 fully saturated rings. The minimum atomic E-state index is -0.205. The largest absolute Gasteiger partial charge is 0.381 e. The van der Waals surface area contributed by atoms with Crippen LogP contribution in [0.2, 0.25) is 0 Å². The molecule has 1 aliphatic rings. The number of benzene rings is 1. The summed E-state index contributed by atoms with van der Waals surface area (Å²) in [6.07, 6.45) is 2.85. The Labute approximate surface area is 115 Å². The summed E-state index contributed by atoms with van der Waals surface area (Å²) >= 11 is 0. The van der Waals surface area contributed by atoms with Crippen LogP contribution in [0.5, 0.6) is 0 Å². The Bertz CT molecular complexity index is 385. The van der Waals surface area contributed by atoms with Gasteiger partial charge in [-0.3, -0.25) is 4.90 Å². The first-order valence-corrected chi connectivity index (χ1v) is 7.08. The Morgan fingerprint density at radius 3 is 2.53 bits per heavy atom. The smallest absolute Gasteiger partial charge is 0.127 e. The molecule has 0 unspecified atom stereocenters. The third kappa shape index (κ3) is 3.88. The number of aldehydes is 1. The van der Waals surface area contributed by atoms with E-state index < -0.39 is 0 Å². The van der Waals surface area contributed by atoms with Gasteiger partial charge in [0.1, 0.15) is 6.29 Å². The first-order chi connectivity index (χ1) is 9.28. The van der Waals surface area contributed by atoms with Gasteiger partial charge in [-0.2, -0.15) is 0 Å². The molecule has 1 aromatic carbocycles. The maximum atomic E-state index is 11.5. The van der Waals surface area contributed by atoms with Gasteiger partial charge in [-0.15, -0.1) is 0 Å². The quantitative estimate of drug-likeness (QED) is 0.737. The number of ether oxygens (including phenoxy) is 1. The van der Waals surface area contributed by atoms with Gasteiger partial charge in [-0.1, -0.05) is 37.3 Å². The number of nitrogens with zero attached hydrogens (tertiary/aromatic N) is 1. The van der Waals surface area contributed by atoms with Crippen molar-refractivity contribution < 1.29 is 9.53 Å². The second kappa shape index (κ2) is 6.83. The SMILES string of the molecule is CCN(Cc1ccccc1)CC1(C=O)CCOCC1. The van der Waals surface area contributed by atoms with Gasteiger partial charge in [-0.05, 0) is 24.9 Å². The predicted molar refractivity (Wildman–Crippen MR) is 75.9 cm³/mol. The van der Waals surface area contributed by atoms with Crippen LogP contribution in [0.4, 0.5) is 0 Å². The Kier molecular flexibility index (Phi) is 5.11. The van der Waals surface area contributed by atoms with Crippen molar-refractivity contribution in [2.75, 3.05) is 26.3 Å². The van der Waals surface area contributed by atoms with E-state index in [9.17, 15) is 4.79 Å². The van der Waals surface area contributed by atoms with Crippen molar-refractivity contribution in [2.24, 2.45) is 5.41 Å². The van der Waals surface area contributed by atoms with Gasteiger partial charge in [0.15, 0.2) is 0 Å². The number of hydrogen-bond donors (Lipinski definition) is 0. The first kappa shape index (κ1) is 14.2. The van der Waals surface area contributed by atoms with Gasteiger partial charge in [0.25, 0.3) is 0 Å². The molecule has 0 saturated carbocycles. The highest BCUT2D eigenvalue weighted by atomic mass is 16.5. The molecule has 3 nitrogen and oxygen atoms in total. The summed E-state index contributed by atoms with van der Waals surface area (Å²) in [4.78, 5) is 13.9. The molecule has 0 amide bonds. The Hall–Kier alpha value is -1.19. The second-order valence-corrected chi connectivity index (χ2v) is 5.38. The molecular formula is C16H23NO2. The van der Waals surface area contributed by atoms with E-state index in [1.54, 1.807) is 0 Å². The molecule has 1 aliphatic heterocycles. The molecule has 0 aliphatic carbocycles. The Morgan fingerprint density at radius 1 is 1.26 bits per heavy atom. The molecule has 19 heavy (non-hydrogen) atoms. The molecule has 0 radical (unpaired) electrons. The summed E-state index contributed by atoms with van der Waals surface area (Å²) < 4.78 is 5.38. The van der Waals surface area contributed by atoms with E-state index in [2.05, 4.69) is 36.1 Å². The number of carbonyl (C=O) groups is 1. The summed E-state index contributed by atoms with van der Waals surface area (Å²) in [5.41, 5.74) is 1.10. The van der Waals surface area contributed by atoms with Crippen LogP contribution in [0.1, 0.15) is 25.3 Å². The zero-order valence-electron chi connectivity index (χ0n) is 11.7. The second-order valence-electron chi connectivity index (χ2n) is 5.38. The summed E-state index contributed by atoms with van der Waals surface area (Å²) in [6.45, 7) is 6.29. The maximum absolute atomic E-state index is 11.5. The summed E-state index contributed by atoms with van der Waals surface area (Å²) in [5, 5.41) is 0. The van der Waals surface area contributed by atoms with Crippen LogP contribution in [0.3, 0.4) is 0 Å². The van der Waals surface area contributed by atoms with E-state index in [1.165, 1.54) is 5.56 Å². The van der Waals surface area contributed by atoms with E-state index in [1.807, 2.05) is 6.07 Å². The van der Waals surface area contributed by atoms with Crippen LogP contribution in [-0.4, -0.2) is 37.5 Å². The van der Waals surface area contributed by atoms with Gasteiger partial charge in [0.2, 0.25) is 0 Å². The van der Waals surface area contributed by atoms with Gasteiger partial charge in [-0.25, -0.2) is 0 Å². The minimum absolute atomic E-state index is 0.205. The number of rotatable bonds is 6. The monoisotopic (exact) mass is 261 g/mol. The fourth-order valence-electron chi connectivity index (χ4n) is 2.66. The van der Waals surface area contributed by atoms with Gasteiger partial charge in [0, 0.05) is 31.7 Å². The van der Waals surface area contributed by atoms with Crippen molar-refractivity contribution in [3.05, 3.63) is 35.9 Å². The van der Waals surface area contributed by atoms with Crippen molar-refractivity contribution in [3.63, 3.8) is 0 Å². The van der Waals surface area contributed by atoms with Crippen LogP contribution in [0, 0.1) is 5.41 Å². The molecule has 0 atom stereocenters. The zero-order chi connectivity index (χ0) is 13.6. The molecule has 2 rings (SSSR count). The van der Waals surface area contributed by atoms with E-state index in [4.69, 9.17) is 4.74 Å². The van der Waals surface area contributed by atoms with E-state index in [0.717, 1.165) is 38.8 Å². The lowest BCUT2D eigenvalue weighted by molar-refractivity contribution is -0.123. The Morgan fingerprint density at radius 2 is 1.95 bits per heavy atom. The van der Waals surface area contributed by atoms with Crippen molar-refractivity contribution in [2.45, 2.75) is 26.3 Å². The van der Waals surface area contributed by atoms with Crippen molar-refractivity contribution in [1.82, 2.24) is 4.90 Å². The van der Waals surface area contributed by atoms with Crippen molar-refractivity contribution in [1.29, 1.82) is 0 Å². The van der Waals surface area contributed by atoms with Gasteiger partial charge in [0.05, 0.1) is 0 Å². The van der Waals surface area contributed by atoms with E-state index >= 15 is 0 Å². The van der Waals surface area contributed by atoms with Crippen LogP contribution >= 0.6 is 0 Å². The predicted octanol–water partition coefficient (Wildman–Crippen LogP) is 2.50. The molecule has 3 heteroatoms. The first-order valence-electron chi connectivity index (χ1n) is 7.08. The van der Waals surface area contributed by atoms with Gasteiger partial charge >= 0.3 is 0 Å². The molecule has 0 spiro atoms. The molecule has 104 valence electrons. The highest BCUT2D eigenvalue weighted by Gasteiger charge is 2.33. The van der Waals surface area contributed by atoms with E-state index in [-0.39, 0.29) is 5.41 Å². The maximum Gasteiger partial charge on any atom is 0.127 e. The number of carbonyl (C=O) groups excluding carboxylic acids is 1. The molecule has 1 aromatic rings. The lowest BCUT2D eigenvalue weighted by Gasteiger charge is -2.36. The van der Waals surface area contributed by atoms with Crippen molar-refractivity contribution >= 4 is 6.29 Å². The third-order valence-electron chi connectivity index (χ3n) is 3.97. The number of hydrogen-bond acceptors (Lipinski definition) is 3. The van der Waals surface area contributed by atoms with Crippen LogP contribution in [0.15, 0.2) is 30.3 Å². The molecular weight excluding hydrogens is 238 g/mol. The fourth-order valence-corrected chi connectivity index (χ4v) is 2.66. The summed E-state index contributed by atoms with van der Waals surface area (Å²) in [7, 11) is 0. The highest BCUT2D eigenvalue weighted by molar-refractivity contribution is 5.60. The summed E-state index contributed by atoms with van der Waals surface area (Å²) in [6, 6.07) is 10.4. The molecule has 0 aromatic heterocycles. The standard InChI is InChI=1S/C16H23NO2/c1-2-17(12-15-6-4-3-5-7-15)13-16(14-18)8-10-19-11-9-16/h3-7,14H,2,8-13H2,1H3. The molecule has 1 heterocycles. The van der Waals surface area contributed by atoms with Gasteiger partial charge < -0.3 is 9.53 Å². The third-order valence-corrected chi connectivity index (χ3v) is 3.97. The lowest BCUT2D eigenvalue weighted by Crippen LogP contribution is -2.42. The minimum Gasteiger partial charge on any atom is -0.381 e. The van der Waals surface area contributed by atoms with Crippen LogP contribution in [-0.2, 0) is 16.1 Å². The zero-order valence-corrected chi connectivity index (χ0v) is 11.7. The van der Waals surface area contributed by atoms with Crippen molar-refractivity contribution in [3.8, 4) is 0 Å². The fraction of sp³-hybridized carbons (Fsp3) is 0.562. The average Bonchev–Trinajstić information content (AvgIpc) is 2.48. The molecule has 0 N–H and O–H groups in total. The normalized spacial score (nSPS) is 18.4. The van der Waals surface area contributed by atoms with Crippen LogP contribution in [0.25, 0.3) is 0 Å². The van der Waals surface area contributed by atoms with E-state index in [0.29, 0.717) is 13.2 Å². The topological polar surface area (TPSA) is 29.5 Å². The summed E-state index contributed by atoms with van der Waals surface area (Å²) in [5.74, 6) is 0. The van der Waals surface area contributed by atoms with Crippen LogP contribution < -0.4 is 0 Å². The highest BCUT2D eigenvalue weighted by Crippen LogP contribution is 2.29. The average molecular weight is 261 g/mol. The molecule has 0 bridgehead atoms.